The molecule has 1 N–H and O–H groups in total. The lowest BCUT2D eigenvalue weighted by molar-refractivity contribution is 0.305. The molecule has 0 heterocycles. The van der Waals surface area contributed by atoms with Gasteiger partial charge in [0.15, 0.2) is 0 Å². The van der Waals surface area contributed by atoms with E-state index in [2.05, 4.69) is 6.92 Å². The molecule has 0 aliphatic heterocycles. The van der Waals surface area contributed by atoms with Crippen LogP contribution in [0.2, 0.25) is 0 Å². The minimum absolute atomic E-state index is 0.111. The summed E-state index contributed by atoms with van der Waals surface area (Å²) in [5, 5.41) is 10.2. The second-order valence-electron chi connectivity index (χ2n) is 5.54. The van der Waals surface area contributed by atoms with E-state index in [1.807, 2.05) is 48.5 Å². The third-order valence-corrected chi connectivity index (χ3v) is 4.66. The number of hydrogen-bond acceptors (Lipinski definition) is 2. The van der Waals surface area contributed by atoms with Gasteiger partial charge in [0.2, 0.25) is 0 Å². The molecule has 0 radical (unpaired) electrons. The Morgan fingerprint density at radius 1 is 1.09 bits per heavy atom. The monoisotopic (exact) mass is 326 g/mol. The summed E-state index contributed by atoms with van der Waals surface area (Å²) >= 11 is 6.73. The van der Waals surface area contributed by atoms with E-state index in [9.17, 15) is 5.11 Å². The summed E-state index contributed by atoms with van der Waals surface area (Å²) in [5.74, 6) is 0.809. The Balaban J connectivity index is 2.23. The average molecular weight is 327 g/mol. The molecule has 0 saturated heterocycles. The van der Waals surface area contributed by atoms with E-state index in [1.54, 1.807) is 7.11 Å². The van der Waals surface area contributed by atoms with Crippen molar-refractivity contribution in [3.8, 4) is 5.75 Å². The van der Waals surface area contributed by atoms with Crippen molar-refractivity contribution in [3.05, 3.63) is 70.8 Å². The first-order valence-electron chi connectivity index (χ1n) is 7.62. The fraction of sp³-hybridized carbons (Fsp3) is 0.200. The van der Waals surface area contributed by atoms with E-state index >= 15 is 0 Å². The Hall–Kier alpha value is -2.03. The van der Waals surface area contributed by atoms with Gasteiger partial charge in [-0.05, 0) is 53.3 Å². The molecule has 1 aliphatic rings. The normalized spacial score (nSPS) is 15.7. The zero-order valence-electron chi connectivity index (χ0n) is 13.3. The smallest absolute Gasteiger partial charge is 0.119 e. The molecule has 0 fully saturated rings. The molecule has 0 saturated carbocycles. The molecular weight excluding hydrogens is 308 g/mol. The largest absolute Gasteiger partial charge is 0.497 e. The molecule has 118 valence electrons. The van der Waals surface area contributed by atoms with Gasteiger partial charge in [-0.3, -0.25) is 0 Å². The molecule has 23 heavy (non-hydrogen) atoms. The molecule has 2 nitrogen and oxygen atoms in total. The summed E-state index contributed by atoms with van der Waals surface area (Å²) < 4.78 is 5.35. The zero-order valence-corrected chi connectivity index (χ0v) is 14.0. The van der Waals surface area contributed by atoms with Crippen molar-refractivity contribution in [2.75, 3.05) is 13.7 Å². The molecule has 3 rings (SSSR count). The molecule has 3 heteroatoms. The van der Waals surface area contributed by atoms with Crippen LogP contribution in [0, 0.1) is 0 Å². The zero-order chi connectivity index (χ0) is 16.4. The lowest BCUT2D eigenvalue weighted by atomic mass is 10.00. The van der Waals surface area contributed by atoms with Crippen LogP contribution >= 0.6 is 11.6 Å². The van der Waals surface area contributed by atoms with Gasteiger partial charge in [0.05, 0.1) is 12.1 Å². The number of rotatable bonds is 4. The van der Waals surface area contributed by atoms with E-state index in [1.165, 1.54) is 0 Å². The molecule has 0 amide bonds. The molecule has 0 spiro atoms. The molecule has 0 aromatic heterocycles. The molecule has 2 aromatic carbocycles. The van der Waals surface area contributed by atoms with Gasteiger partial charge in [0.25, 0.3) is 0 Å². The lowest BCUT2D eigenvalue weighted by Gasteiger charge is -2.09. The molecule has 0 unspecified atom stereocenters. The highest BCUT2D eigenvalue weighted by Crippen LogP contribution is 2.47. The topological polar surface area (TPSA) is 29.5 Å². The standard InChI is InChI=1S/C20H19ClO2/c1-13-16(10-11-22)18-12-15(23-2)8-9-17(18)19(13)20(21)14-6-4-3-5-7-14/h3-9,12,22H,10-11H2,1-2H3. The maximum atomic E-state index is 9.42. The molecular formula is C20H19ClO2. The van der Waals surface area contributed by atoms with Crippen molar-refractivity contribution < 1.29 is 9.84 Å². The minimum atomic E-state index is 0.111. The Labute approximate surface area is 141 Å². The van der Waals surface area contributed by atoms with Gasteiger partial charge in [-0.2, -0.15) is 0 Å². The van der Waals surface area contributed by atoms with Crippen molar-refractivity contribution in [1.29, 1.82) is 0 Å². The van der Waals surface area contributed by atoms with Crippen molar-refractivity contribution >= 4 is 27.8 Å². The third-order valence-electron chi connectivity index (χ3n) is 4.26. The number of ether oxygens (including phenoxy) is 1. The summed E-state index contributed by atoms with van der Waals surface area (Å²) in [5.41, 5.74) is 6.48. The number of aliphatic hydroxyl groups excluding tert-OH is 1. The summed E-state index contributed by atoms with van der Waals surface area (Å²) in [7, 11) is 1.66. The number of allylic oxidation sites excluding steroid dienone is 2. The van der Waals surface area contributed by atoms with E-state index in [0.717, 1.165) is 44.2 Å². The van der Waals surface area contributed by atoms with Gasteiger partial charge in [0, 0.05) is 12.2 Å². The maximum Gasteiger partial charge on any atom is 0.119 e. The first-order valence-corrected chi connectivity index (χ1v) is 8.00. The van der Waals surface area contributed by atoms with Crippen molar-refractivity contribution in [3.63, 3.8) is 0 Å². The van der Waals surface area contributed by atoms with Gasteiger partial charge in [0.1, 0.15) is 5.75 Å². The Morgan fingerprint density at radius 2 is 1.83 bits per heavy atom. The second-order valence-corrected chi connectivity index (χ2v) is 5.92. The number of benzene rings is 2. The van der Waals surface area contributed by atoms with E-state index < -0.39 is 0 Å². The Morgan fingerprint density at radius 3 is 2.48 bits per heavy atom. The molecule has 2 aromatic rings. The first kappa shape index (κ1) is 15.9. The summed E-state index contributed by atoms with van der Waals surface area (Å²) in [6, 6.07) is 16.0. The number of methoxy groups -OCH3 is 1. The summed E-state index contributed by atoms with van der Waals surface area (Å²) in [4.78, 5) is 0. The van der Waals surface area contributed by atoms with Crippen molar-refractivity contribution in [2.24, 2.45) is 0 Å². The first-order chi connectivity index (χ1) is 11.2. The van der Waals surface area contributed by atoms with Crippen LogP contribution in [0.5, 0.6) is 5.75 Å². The SMILES string of the molecule is COc1ccc2c(c1)C(CCO)=C(C)C2=C(Cl)c1ccccc1. The highest BCUT2D eigenvalue weighted by atomic mass is 35.5. The van der Waals surface area contributed by atoms with Crippen LogP contribution in [0.1, 0.15) is 30.0 Å². The molecule has 1 aliphatic carbocycles. The second kappa shape index (κ2) is 6.61. The number of fused-ring (bicyclic) bond motifs is 1. The van der Waals surface area contributed by atoms with Gasteiger partial charge in [-0.15, -0.1) is 0 Å². The lowest BCUT2D eigenvalue weighted by Crippen LogP contribution is -1.91. The fourth-order valence-electron chi connectivity index (χ4n) is 3.12. The summed E-state index contributed by atoms with van der Waals surface area (Å²) in [6.45, 7) is 2.18. The van der Waals surface area contributed by atoms with Crippen LogP contribution in [0.4, 0.5) is 0 Å². The van der Waals surface area contributed by atoms with Gasteiger partial charge in [-0.1, -0.05) is 48.0 Å². The van der Waals surface area contributed by atoms with Crippen LogP contribution in [-0.4, -0.2) is 18.8 Å². The van der Waals surface area contributed by atoms with Crippen LogP contribution in [0.25, 0.3) is 16.2 Å². The minimum Gasteiger partial charge on any atom is -0.497 e. The van der Waals surface area contributed by atoms with Crippen molar-refractivity contribution in [2.45, 2.75) is 13.3 Å². The van der Waals surface area contributed by atoms with Crippen LogP contribution in [-0.2, 0) is 0 Å². The molecule has 0 atom stereocenters. The van der Waals surface area contributed by atoms with E-state index in [-0.39, 0.29) is 6.61 Å². The van der Waals surface area contributed by atoms with Crippen LogP contribution < -0.4 is 4.74 Å². The maximum absolute atomic E-state index is 9.42. The van der Waals surface area contributed by atoms with Gasteiger partial charge < -0.3 is 9.84 Å². The predicted octanol–water partition coefficient (Wildman–Crippen LogP) is 4.97. The fourth-order valence-corrected chi connectivity index (χ4v) is 3.49. The van der Waals surface area contributed by atoms with Gasteiger partial charge >= 0.3 is 0 Å². The van der Waals surface area contributed by atoms with E-state index in [0.29, 0.717) is 6.42 Å². The molecule has 0 bridgehead atoms. The quantitative estimate of drug-likeness (QED) is 0.859. The highest BCUT2D eigenvalue weighted by molar-refractivity contribution is 6.53. The third kappa shape index (κ3) is 2.80. The highest BCUT2D eigenvalue weighted by Gasteiger charge is 2.26. The van der Waals surface area contributed by atoms with Crippen LogP contribution in [0.3, 0.4) is 0 Å². The van der Waals surface area contributed by atoms with Crippen LogP contribution in [0.15, 0.2) is 54.1 Å². The Bertz CT molecular complexity index is 789. The number of hydrogen-bond donors (Lipinski definition) is 1. The number of aliphatic hydroxyl groups is 1. The predicted molar refractivity (Wildman–Crippen MR) is 96.4 cm³/mol. The van der Waals surface area contributed by atoms with Crippen molar-refractivity contribution in [1.82, 2.24) is 0 Å². The summed E-state index contributed by atoms with van der Waals surface area (Å²) in [6.07, 6.45) is 0.606. The number of halogens is 1. The van der Waals surface area contributed by atoms with Gasteiger partial charge in [-0.25, -0.2) is 0 Å². The Kier molecular flexibility index (Phi) is 4.56. The van der Waals surface area contributed by atoms with E-state index in [4.69, 9.17) is 16.3 Å². The average Bonchev–Trinajstić information content (AvgIpc) is 2.87.